The topological polar surface area (TPSA) is 50.7 Å². The average molecular weight is 444 g/mol. The molecular formula is C29H33NO3. The van der Waals surface area contributed by atoms with Gasteiger partial charge in [0.25, 0.3) is 0 Å². The Hall–Kier alpha value is -2.82. The number of fused-ring (bicyclic) bond motifs is 1. The second-order valence-corrected chi connectivity index (χ2v) is 9.25. The summed E-state index contributed by atoms with van der Waals surface area (Å²) in [6.45, 7) is 0.953. The molecule has 0 spiro atoms. The molecule has 0 aliphatic heterocycles. The van der Waals surface area contributed by atoms with Gasteiger partial charge in [0.2, 0.25) is 0 Å². The van der Waals surface area contributed by atoms with Gasteiger partial charge < -0.3 is 19.9 Å². The third kappa shape index (κ3) is 5.23. The number of rotatable bonds is 8. The summed E-state index contributed by atoms with van der Waals surface area (Å²) in [4.78, 5) is 0. The summed E-state index contributed by atoms with van der Waals surface area (Å²) >= 11 is 0. The molecule has 33 heavy (non-hydrogen) atoms. The van der Waals surface area contributed by atoms with E-state index < -0.39 is 6.10 Å². The Morgan fingerprint density at radius 3 is 2.06 bits per heavy atom. The Morgan fingerprint density at radius 1 is 0.758 bits per heavy atom. The van der Waals surface area contributed by atoms with Crippen molar-refractivity contribution in [1.82, 2.24) is 5.32 Å². The molecule has 3 aromatic carbocycles. The van der Waals surface area contributed by atoms with Crippen LogP contribution in [0.25, 0.3) is 0 Å². The van der Waals surface area contributed by atoms with E-state index in [1.807, 2.05) is 48.5 Å². The maximum Gasteiger partial charge on any atom is 0.165 e. The first-order valence-electron chi connectivity index (χ1n) is 12.2. The van der Waals surface area contributed by atoms with E-state index in [-0.39, 0.29) is 6.04 Å². The summed E-state index contributed by atoms with van der Waals surface area (Å²) in [5, 5.41) is 15.0. The first-order chi connectivity index (χ1) is 16.3. The van der Waals surface area contributed by atoms with Crippen molar-refractivity contribution in [2.24, 2.45) is 0 Å². The highest BCUT2D eigenvalue weighted by Crippen LogP contribution is 2.42. The molecule has 1 saturated carbocycles. The molecule has 2 N–H and O–H groups in total. The number of nitrogens with one attached hydrogen (secondary N) is 1. The predicted octanol–water partition coefficient (Wildman–Crippen LogP) is 5.73. The lowest BCUT2D eigenvalue weighted by atomic mass is 9.84. The van der Waals surface area contributed by atoms with E-state index in [0.717, 1.165) is 46.6 Å². The summed E-state index contributed by atoms with van der Waals surface area (Å²) in [5.41, 5.74) is 4.27. The fourth-order valence-electron chi connectivity index (χ4n) is 5.14. The normalized spacial score (nSPS) is 20.4. The summed E-state index contributed by atoms with van der Waals surface area (Å²) in [5.74, 6) is 1.51. The van der Waals surface area contributed by atoms with Crippen LogP contribution >= 0.6 is 0 Å². The lowest BCUT2D eigenvalue weighted by Gasteiger charge is -2.34. The molecule has 0 saturated heterocycles. The fourth-order valence-corrected chi connectivity index (χ4v) is 5.14. The molecule has 4 heteroatoms. The van der Waals surface area contributed by atoms with Crippen LogP contribution in [0.15, 0.2) is 72.8 Å². The monoisotopic (exact) mass is 443 g/mol. The van der Waals surface area contributed by atoms with Gasteiger partial charge in [-0.05, 0) is 48.4 Å². The fraction of sp³-hybridized carbons (Fsp3) is 0.379. The van der Waals surface area contributed by atoms with E-state index in [1.165, 1.54) is 25.7 Å². The van der Waals surface area contributed by atoms with Gasteiger partial charge in [0.1, 0.15) is 13.2 Å². The zero-order chi connectivity index (χ0) is 22.5. The Labute approximate surface area is 196 Å². The van der Waals surface area contributed by atoms with Crippen molar-refractivity contribution < 1.29 is 14.6 Å². The van der Waals surface area contributed by atoms with Gasteiger partial charge in [-0.15, -0.1) is 0 Å². The van der Waals surface area contributed by atoms with E-state index in [0.29, 0.717) is 19.3 Å². The molecular weight excluding hydrogens is 410 g/mol. The molecule has 4 nitrogen and oxygen atoms in total. The van der Waals surface area contributed by atoms with Gasteiger partial charge in [0.15, 0.2) is 11.5 Å². The number of ether oxygens (including phenoxy) is 2. The van der Waals surface area contributed by atoms with Crippen molar-refractivity contribution >= 4 is 0 Å². The molecule has 2 aliphatic rings. The minimum Gasteiger partial charge on any atom is -0.485 e. The van der Waals surface area contributed by atoms with Gasteiger partial charge in [0, 0.05) is 17.6 Å². The van der Waals surface area contributed by atoms with Gasteiger partial charge in [-0.3, -0.25) is 0 Å². The van der Waals surface area contributed by atoms with Crippen LogP contribution in [0, 0.1) is 0 Å². The summed E-state index contributed by atoms with van der Waals surface area (Å²) in [7, 11) is 0. The maximum absolute atomic E-state index is 11.2. The van der Waals surface area contributed by atoms with Crippen molar-refractivity contribution in [1.29, 1.82) is 0 Å². The van der Waals surface area contributed by atoms with Crippen molar-refractivity contribution in [3.8, 4) is 11.5 Å². The molecule has 5 rings (SSSR count). The average Bonchev–Trinajstić information content (AvgIpc) is 3.38. The van der Waals surface area contributed by atoms with Crippen LogP contribution in [0.1, 0.15) is 60.5 Å². The number of hydrogen-bond acceptors (Lipinski definition) is 4. The van der Waals surface area contributed by atoms with Gasteiger partial charge in [-0.2, -0.15) is 0 Å². The molecule has 0 unspecified atom stereocenters. The smallest absolute Gasteiger partial charge is 0.165 e. The molecule has 172 valence electrons. The quantitative estimate of drug-likeness (QED) is 0.467. The molecule has 2 aliphatic carbocycles. The third-order valence-electron chi connectivity index (χ3n) is 6.93. The minimum absolute atomic E-state index is 0.0960. The van der Waals surface area contributed by atoms with Gasteiger partial charge in [-0.1, -0.05) is 79.6 Å². The number of hydrogen-bond donors (Lipinski definition) is 2. The van der Waals surface area contributed by atoms with Crippen molar-refractivity contribution in [2.75, 3.05) is 0 Å². The van der Waals surface area contributed by atoms with E-state index in [1.54, 1.807) is 0 Å². The van der Waals surface area contributed by atoms with Crippen LogP contribution in [0.2, 0.25) is 0 Å². The summed E-state index contributed by atoms with van der Waals surface area (Å²) in [6, 6.07) is 25.0. The van der Waals surface area contributed by atoms with E-state index in [4.69, 9.17) is 9.47 Å². The second-order valence-electron chi connectivity index (χ2n) is 9.25. The summed E-state index contributed by atoms with van der Waals surface area (Å²) < 4.78 is 12.6. The third-order valence-corrected chi connectivity index (χ3v) is 6.93. The highest BCUT2D eigenvalue weighted by Gasteiger charge is 2.33. The van der Waals surface area contributed by atoms with Crippen LogP contribution in [-0.2, 0) is 19.6 Å². The first kappa shape index (κ1) is 22.0. The second kappa shape index (κ2) is 10.4. The minimum atomic E-state index is -0.531. The Bertz CT molecular complexity index is 1030. The lowest BCUT2D eigenvalue weighted by Crippen LogP contribution is -2.43. The zero-order valence-corrected chi connectivity index (χ0v) is 19.1. The SMILES string of the molecule is O[C@H]1c2ccc(OCc3ccccc3)c(OCc3ccccc3)c2CC[C@H]1NC1CCCC1. The van der Waals surface area contributed by atoms with Crippen LogP contribution in [0.3, 0.4) is 0 Å². The Kier molecular flexibility index (Phi) is 6.94. The van der Waals surface area contributed by atoms with Crippen molar-refractivity contribution in [2.45, 2.75) is 69.9 Å². The molecule has 0 heterocycles. The van der Waals surface area contributed by atoms with Gasteiger partial charge >= 0.3 is 0 Å². The van der Waals surface area contributed by atoms with E-state index >= 15 is 0 Å². The van der Waals surface area contributed by atoms with Gasteiger partial charge in [-0.25, -0.2) is 0 Å². The number of aliphatic hydroxyl groups excluding tert-OH is 1. The molecule has 0 radical (unpaired) electrons. The highest BCUT2D eigenvalue weighted by atomic mass is 16.5. The zero-order valence-electron chi connectivity index (χ0n) is 19.1. The van der Waals surface area contributed by atoms with Crippen LogP contribution in [0.5, 0.6) is 11.5 Å². The predicted molar refractivity (Wildman–Crippen MR) is 130 cm³/mol. The van der Waals surface area contributed by atoms with Crippen LogP contribution < -0.4 is 14.8 Å². The molecule has 2 atom stereocenters. The highest BCUT2D eigenvalue weighted by molar-refractivity contribution is 5.53. The largest absolute Gasteiger partial charge is 0.485 e. The Balaban J connectivity index is 1.39. The Morgan fingerprint density at radius 2 is 1.39 bits per heavy atom. The van der Waals surface area contributed by atoms with Crippen LogP contribution in [-0.4, -0.2) is 17.2 Å². The van der Waals surface area contributed by atoms with Crippen molar-refractivity contribution in [3.63, 3.8) is 0 Å². The van der Waals surface area contributed by atoms with Crippen molar-refractivity contribution in [3.05, 3.63) is 95.1 Å². The van der Waals surface area contributed by atoms with E-state index in [9.17, 15) is 5.11 Å². The molecule has 3 aromatic rings. The van der Waals surface area contributed by atoms with E-state index in [2.05, 4.69) is 29.6 Å². The van der Waals surface area contributed by atoms with Gasteiger partial charge in [0.05, 0.1) is 6.10 Å². The number of aliphatic hydroxyl groups is 1. The summed E-state index contributed by atoms with van der Waals surface area (Å²) in [6.07, 6.45) is 6.24. The molecule has 0 bridgehead atoms. The maximum atomic E-state index is 11.2. The first-order valence-corrected chi connectivity index (χ1v) is 12.2. The number of benzene rings is 3. The molecule has 1 fully saturated rings. The lowest BCUT2D eigenvalue weighted by molar-refractivity contribution is 0.107. The standard InChI is InChI=1S/C29H33NO3/c31-28-24-16-18-27(32-19-21-9-3-1-4-10-21)29(33-20-22-11-5-2-6-12-22)25(24)15-17-26(28)30-23-13-7-8-14-23/h1-6,9-12,16,18,23,26,28,30-31H,7-8,13-15,17,19-20H2/t26-,28+/m1/s1. The molecule has 0 aromatic heterocycles. The van der Waals surface area contributed by atoms with Crippen LogP contribution in [0.4, 0.5) is 0 Å². The molecule has 0 amide bonds.